The molecule has 6 heteroatoms. The molecule has 2 amide bonds. The molecule has 0 fully saturated rings. The van der Waals surface area contributed by atoms with Crippen molar-refractivity contribution in [3.8, 4) is 0 Å². The zero-order chi connectivity index (χ0) is 12.7. The van der Waals surface area contributed by atoms with Crippen LogP contribution in [0.15, 0.2) is 22.8 Å². The molecule has 0 aliphatic heterocycles. The lowest BCUT2D eigenvalue weighted by Crippen LogP contribution is -2.28. The van der Waals surface area contributed by atoms with Crippen molar-refractivity contribution in [1.29, 1.82) is 0 Å². The SMILES string of the molecule is CNC(=O)CSCC(=O)N(C)Cc1ccco1. The van der Waals surface area contributed by atoms with Gasteiger partial charge in [0.15, 0.2) is 0 Å². The fourth-order valence-corrected chi connectivity index (χ4v) is 1.96. The number of nitrogens with zero attached hydrogens (tertiary/aromatic N) is 1. The third-order valence-corrected chi connectivity index (χ3v) is 3.05. The van der Waals surface area contributed by atoms with Gasteiger partial charge in [-0.2, -0.15) is 0 Å². The van der Waals surface area contributed by atoms with E-state index in [0.29, 0.717) is 18.1 Å². The topological polar surface area (TPSA) is 62.6 Å². The van der Waals surface area contributed by atoms with Crippen molar-refractivity contribution in [3.05, 3.63) is 24.2 Å². The maximum absolute atomic E-state index is 11.7. The molecule has 0 saturated carbocycles. The average Bonchev–Trinajstić information content (AvgIpc) is 2.81. The predicted molar refractivity (Wildman–Crippen MR) is 66.6 cm³/mol. The zero-order valence-electron chi connectivity index (χ0n) is 9.93. The summed E-state index contributed by atoms with van der Waals surface area (Å²) in [5.41, 5.74) is 0. The Morgan fingerprint density at radius 2 is 2.24 bits per heavy atom. The van der Waals surface area contributed by atoms with Gasteiger partial charge >= 0.3 is 0 Å². The molecule has 0 aliphatic carbocycles. The fraction of sp³-hybridized carbons (Fsp3) is 0.455. The first-order chi connectivity index (χ1) is 8.13. The van der Waals surface area contributed by atoms with Gasteiger partial charge in [-0.1, -0.05) is 0 Å². The molecule has 1 heterocycles. The Balaban J connectivity index is 2.25. The molecule has 0 aliphatic rings. The largest absolute Gasteiger partial charge is 0.467 e. The number of hydrogen-bond acceptors (Lipinski definition) is 4. The van der Waals surface area contributed by atoms with Gasteiger partial charge in [0.05, 0.1) is 24.3 Å². The summed E-state index contributed by atoms with van der Waals surface area (Å²) < 4.78 is 5.15. The van der Waals surface area contributed by atoms with E-state index in [1.807, 2.05) is 6.07 Å². The van der Waals surface area contributed by atoms with Gasteiger partial charge in [0.25, 0.3) is 0 Å². The molecular weight excluding hydrogens is 240 g/mol. The molecule has 94 valence electrons. The molecule has 1 rings (SSSR count). The van der Waals surface area contributed by atoms with Crippen molar-refractivity contribution in [2.24, 2.45) is 0 Å². The number of carbonyl (C=O) groups excluding carboxylic acids is 2. The molecule has 1 N–H and O–H groups in total. The van der Waals surface area contributed by atoms with Crippen LogP contribution in [0.3, 0.4) is 0 Å². The Morgan fingerprint density at radius 3 is 2.82 bits per heavy atom. The van der Waals surface area contributed by atoms with E-state index >= 15 is 0 Å². The fourth-order valence-electron chi connectivity index (χ4n) is 1.14. The van der Waals surface area contributed by atoms with Gasteiger partial charge in [0, 0.05) is 14.1 Å². The van der Waals surface area contributed by atoms with Gasteiger partial charge in [-0.05, 0) is 12.1 Å². The highest BCUT2D eigenvalue weighted by Crippen LogP contribution is 2.06. The summed E-state index contributed by atoms with van der Waals surface area (Å²) >= 11 is 1.30. The molecule has 0 spiro atoms. The van der Waals surface area contributed by atoms with Crippen LogP contribution >= 0.6 is 11.8 Å². The number of rotatable bonds is 6. The Morgan fingerprint density at radius 1 is 1.47 bits per heavy atom. The maximum atomic E-state index is 11.7. The van der Waals surface area contributed by atoms with Gasteiger partial charge in [0.1, 0.15) is 5.76 Å². The van der Waals surface area contributed by atoms with Crippen LogP contribution in [0.2, 0.25) is 0 Å². The number of furan rings is 1. The standard InChI is InChI=1S/C11H16N2O3S/c1-12-10(14)7-17-8-11(15)13(2)6-9-4-3-5-16-9/h3-5H,6-8H2,1-2H3,(H,12,14). The minimum Gasteiger partial charge on any atom is -0.467 e. The Bertz CT molecular complexity index is 365. The zero-order valence-corrected chi connectivity index (χ0v) is 10.8. The van der Waals surface area contributed by atoms with Crippen LogP contribution in [0.1, 0.15) is 5.76 Å². The normalized spacial score (nSPS) is 10.0. The van der Waals surface area contributed by atoms with Gasteiger partial charge in [-0.25, -0.2) is 0 Å². The Labute approximate surface area is 105 Å². The second-order valence-electron chi connectivity index (χ2n) is 3.50. The second kappa shape index (κ2) is 7.01. The molecule has 0 aromatic carbocycles. The summed E-state index contributed by atoms with van der Waals surface area (Å²) in [5.74, 6) is 1.26. The van der Waals surface area contributed by atoms with Crippen LogP contribution in [-0.4, -0.2) is 42.3 Å². The van der Waals surface area contributed by atoms with E-state index < -0.39 is 0 Å². The highest BCUT2D eigenvalue weighted by atomic mass is 32.2. The number of hydrogen-bond donors (Lipinski definition) is 1. The van der Waals surface area contributed by atoms with Crippen LogP contribution < -0.4 is 5.32 Å². The van der Waals surface area contributed by atoms with E-state index in [1.165, 1.54) is 11.8 Å². The Hall–Kier alpha value is -1.43. The van der Waals surface area contributed by atoms with E-state index in [0.717, 1.165) is 5.76 Å². The van der Waals surface area contributed by atoms with Crippen molar-refractivity contribution < 1.29 is 14.0 Å². The molecule has 0 unspecified atom stereocenters. The van der Waals surface area contributed by atoms with Crippen molar-refractivity contribution in [1.82, 2.24) is 10.2 Å². The highest BCUT2D eigenvalue weighted by molar-refractivity contribution is 8.00. The van der Waals surface area contributed by atoms with Gasteiger partial charge in [-0.15, -0.1) is 11.8 Å². The minimum absolute atomic E-state index is 0.0182. The van der Waals surface area contributed by atoms with E-state index in [9.17, 15) is 9.59 Å². The second-order valence-corrected chi connectivity index (χ2v) is 4.48. The lowest BCUT2D eigenvalue weighted by atomic mass is 10.4. The summed E-state index contributed by atoms with van der Waals surface area (Å²) in [6.45, 7) is 0.451. The molecule has 17 heavy (non-hydrogen) atoms. The van der Waals surface area contributed by atoms with Crippen LogP contribution in [-0.2, 0) is 16.1 Å². The molecule has 1 aromatic heterocycles. The summed E-state index contributed by atoms with van der Waals surface area (Å²) in [4.78, 5) is 24.2. The lowest BCUT2D eigenvalue weighted by molar-refractivity contribution is -0.127. The van der Waals surface area contributed by atoms with Crippen molar-refractivity contribution >= 4 is 23.6 Å². The smallest absolute Gasteiger partial charge is 0.232 e. The molecule has 1 aromatic rings. The summed E-state index contributed by atoms with van der Waals surface area (Å²) in [7, 11) is 3.29. The first-order valence-corrected chi connectivity index (χ1v) is 6.33. The number of nitrogens with one attached hydrogen (secondary N) is 1. The van der Waals surface area contributed by atoms with Gasteiger partial charge in [-0.3, -0.25) is 9.59 Å². The van der Waals surface area contributed by atoms with Crippen molar-refractivity contribution in [2.45, 2.75) is 6.54 Å². The molecule has 0 atom stereocenters. The summed E-state index contributed by atoms with van der Waals surface area (Å²) in [6, 6.07) is 3.61. The Kier molecular flexibility index (Phi) is 5.62. The summed E-state index contributed by atoms with van der Waals surface area (Å²) in [5, 5.41) is 2.50. The van der Waals surface area contributed by atoms with Crippen molar-refractivity contribution in [2.75, 3.05) is 25.6 Å². The van der Waals surface area contributed by atoms with Gasteiger partial charge < -0.3 is 14.6 Å². The monoisotopic (exact) mass is 256 g/mol. The minimum atomic E-state index is -0.0727. The number of carbonyl (C=O) groups is 2. The highest BCUT2D eigenvalue weighted by Gasteiger charge is 2.11. The van der Waals surface area contributed by atoms with Gasteiger partial charge in [0.2, 0.25) is 11.8 Å². The van der Waals surface area contributed by atoms with Crippen LogP contribution in [0.5, 0.6) is 0 Å². The van der Waals surface area contributed by atoms with E-state index in [1.54, 1.807) is 31.3 Å². The number of amides is 2. The first-order valence-electron chi connectivity index (χ1n) is 5.18. The van der Waals surface area contributed by atoms with Crippen LogP contribution in [0.25, 0.3) is 0 Å². The quantitative estimate of drug-likeness (QED) is 0.814. The molecule has 0 saturated heterocycles. The third-order valence-electron chi connectivity index (χ3n) is 2.14. The van der Waals surface area contributed by atoms with E-state index in [4.69, 9.17) is 4.42 Å². The maximum Gasteiger partial charge on any atom is 0.232 e. The van der Waals surface area contributed by atoms with E-state index in [2.05, 4.69) is 5.32 Å². The van der Waals surface area contributed by atoms with Crippen LogP contribution in [0.4, 0.5) is 0 Å². The molecular formula is C11H16N2O3S. The molecule has 0 bridgehead atoms. The lowest BCUT2D eigenvalue weighted by Gasteiger charge is -2.15. The average molecular weight is 256 g/mol. The summed E-state index contributed by atoms with van der Waals surface area (Å²) in [6.07, 6.45) is 1.58. The van der Waals surface area contributed by atoms with Crippen LogP contribution in [0, 0.1) is 0 Å². The first kappa shape index (κ1) is 13.6. The molecule has 0 radical (unpaired) electrons. The van der Waals surface area contributed by atoms with E-state index in [-0.39, 0.29) is 11.8 Å². The number of thioether (sulfide) groups is 1. The predicted octanol–water partition coefficient (Wildman–Crippen LogP) is 0.717. The molecule has 5 nitrogen and oxygen atoms in total. The van der Waals surface area contributed by atoms with Crippen molar-refractivity contribution in [3.63, 3.8) is 0 Å². The third kappa shape index (κ3) is 4.95.